The summed E-state index contributed by atoms with van der Waals surface area (Å²) in [5.74, 6) is 0.00706. The van der Waals surface area contributed by atoms with Gasteiger partial charge in [0.25, 0.3) is 0 Å². The Labute approximate surface area is 105 Å². The van der Waals surface area contributed by atoms with Gasteiger partial charge in [-0.2, -0.15) is 0 Å². The van der Waals surface area contributed by atoms with Crippen LogP contribution in [0.2, 0.25) is 4.34 Å². The molecule has 8 heteroatoms. The molecule has 0 aliphatic carbocycles. The highest BCUT2D eigenvalue weighted by atomic mass is 35.5. The van der Waals surface area contributed by atoms with E-state index in [1.54, 1.807) is 12.1 Å². The van der Waals surface area contributed by atoms with Crippen molar-refractivity contribution in [3.05, 3.63) is 32.3 Å². The van der Waals surface area contributed by atoms with Crippen molar-refractivity contribution in [2.75, 3.05) is 5.73 Å². The monoisotopic (exact) mass is 270 g/mol. The molecule has 0 atom stereocenters. The summed E-state index contributed by atoms with van der Waals surface area (Å²) in [4.78, 5) is 18.8. The fourth-order valence-electron chi connectivity index (χ4n) is 1.42. The van der Waals surface area contributed by atoms with Crippen molar-refractivity contribution in [2.45, 2.75) is 6.92 Å². The quantitative estimate of drug-likeness (QED) is 0.668. The van der Waals surface area contributed by atoms with Crippen LogP contribution in [0.1, 0.15) is 5.69 Å². The van der Waals surface area contributed by atoms with E-state index in [1.807, 2.05) is 0 Å². The van der Waals surface area contributed by atoms with Crippen LogP contribution in [0.5, 0.6) is 0 Å². The highest BCUT2D eigenvalue weighted by molar-refractivity contribution is 7.19. The minimum atomic E-state index is -0.516. The number of nitro groups is 1. The zero-order valence-corrected chi connectivity index (χ0v) is 10.2. The van der Waals surface area contributed by atoms with Crippen LogP contribution >= 0.6 is 22.9 Å². The van der Waals surface area contributed by atoms with Crippen LogP contribution < -0.4 is 5.73 Å². The van der Waals surface area contributed by atoms with E-state index < -0.39 is 4.92 Å². The van der Waals surface area contributed by atoms with Gasteiger partial charge in [0, 0.05) is 0 Å². The zero-order chi connectivity index (χ0) is 12.6. The number of nitrogen functional groups attached to an aromatic ring is 1. The lowest BCUT2D eigenvalue weighted by atomic mass is 10.2. The second-order valence-electron chi connectivity index (χ2n) is 3.23. The van der Waals surface area contributed by atoms with Gasteiger partial charge in [-0.05, 0) is 19.1 Å². The third kappa shape index (κ3) is 2.20. The molecule has 0 radical (unpaired) electrons. The van der Waals surface area contributed by atoms with E-state index >= 15 is 0 Å². The highest BCUT2D eigenvalue weighted by Crippen LogP contribution is 2.36. The molecule has 2 N–H and O–H groups in total. The summed E-state index contributed by atoms with van der Waals surface area (Å²) < 4.78 is 0.532. The standard InChI is InChI=1S/C9H7ClN4O2S/c1-4-8(14(15)16)7(13-9(11)12-4)5-2-3-6(10)17-5/h2-3H,1H3,(H2,11,12,13). The van der Waals surface area contributed by atoms with Gasteiger partial charge in [-0.25, -0.2) is 9.97 Å². The minimum absolute atomic E-state index is 0.00706. The van der Waals surface area contributed by atoms with E-state index in [0.29, 0.717) is 9.21 Å². The van der Waals surface area contributed by atoms with E-state index in [0.717, 1.165) is 0 Å². The summed E-state index contributed by atoms with van der Waals surface area (Å²) in [5.41, 5.74) is 5.80. The molecular formula is C9H7ClN4O2S. The normalized spacial score (nSPS) is 10.5. The van der Waals surface area contributed by atoms with Crippen LogP contribution in [-0.4, -0.2) is 14.9 Å². The Morgan fingerprint density at radius 2 is 2.18 bits per heavy atom. The Morgan fingerprint density at radius 3 is 2.71 bits per heavy atom. The van der Waals surface area contributed by atoms with Gasteiger partial charge < -0.3 is 5.73 Å². The number of nitrogens with zero attached hydrogens (tertiary/aromatic N) is 3. The maximum atomic E-state index is 11.0. The topological polar surface area (TPSA) is 94.9 Å². The molecule has 0 aliphatic heterocycles. The van der Waals surface area contributed by atoms with Gasteiger partial charge in [-0.15, -0.1) is 11.3 Å². The number of thiophene rings is 1. The maximum absolute atomic E-state index is 11.0. The zero-order valence-electron chi connectivity index (χ0n) is 8.68. The predicted molar refractivity (Wildman–Crippen MR) is 66.2 cm³/mol. The van der Waals surface area contributed by atoms with Crippen LogP contribution in [0.15, 0.2) is 12.1 Å². The molecule has 2 aromatic rings. The molecule has 6 nitrogen and oxygen atoms in total. The van der Waals surface area contributed by atoms with E-state index in [2.05, 4.69) is 9.97 Å². The molecule has 0 bridgehead atoms. The molecule has 2 aromatic heterocycles. The minimum Gasteiger partial charge on any atom is -0.368 e. The van der Waals surface area contributed by atoms with Crippen molar-refractivity contribution >= 4 is 34.6 Å². The number of hydrogen-bond acceptors (Lipinski definition) is 6. The van der Waals surface area contributed by atoms with Gasteiger partial charge in [0.15, 0.2) is 5.69 Å². The van der Waals surface area contributed by atoms with Crippen molar-refractivity contribution < 1.29 is 4.92 Å². The van der Waals surface area contributed by atoms with E-state index in [-0.39, 0.29) is 23.0 Å². The summed E-state index contributed by atoms with van der Waals surface area (Å²) in [6, 6.07) is 3.32. The van der Waals surface area contributed by atoms with Crippen LogP contribution in [-0.2, 0) is 0 Å². The summed E-state index contributed by atoms with van der Waals surface area (Å²) >= 11 is 7.00. The largest absolute Gasteiger partial charge is 0.368 e. The van der Waals surface area contributed by atoms with Crippen molar-refractivity contribution in [1.29, 1.82) is 0 Å². The van der Waals surface area contributed by atoms with Crippen LogP contribution in [0.4, 0.5) is 11.6 Å². The van der Waals surface area contributed by atoms with Crippen LogP contribution in [0.3, 0.4) is 0 Å². The van der Waals surface area contributed by atoms with Gasteiger partial charge in [-0.1, -0.05) is 11.6 Å². The molecule has 2 heterocycles. The molecule has 0 fully saturated rings. The number of hydrogen-bond donors (Lipinski definition) is 1. The van der Waals surface area contributed by atoms with Crippen molar-refractivity contribution in [1.82, 2.24) is 9.97 Å². The molecule has 0 spiro atoms. The molecule has 0 aromatic carbocycles. The lowest BCUT2D eigenvalue weighted by Gasteiger charge is -2.03. The molecule has 0 aliphatic rings. The first-order valence-electron chi connectivity index (χ1n) is 4.53. The highest BCUT2D eigenvalue weighted by Gasteiger charge is 2.23. The molecular weight excluding hydrogens is 264 g/mol. The van der Waals surface area contributed by atoms with Gasteiger partial charge in [0.05, 0.1) is 14.1 Å². The van der Waals surface area contributed by atoms with Gasteiger partial charge in [0.2, 0.25) is 5.95 Å². The molecule has 0 unspecified atom stereocenters. The van der Waals surface area contributed by atoms with Gasteiger partial charge in [-0.3, -0.25) is 10.1 Å². The fourth-order valence-corrected chi connectivity index (χ4v) is 2.45. The second kappa shape index (κ2) is 4.27. The molecule has 17 heavy (non-hydrogen) atoms. The Bertz CT molecular complexity index is 599. The van der Waals surface area contributed by atoms with Crippen LogP contribution in [0, 0.1) is 17.0 Å². The Balaban J connectivity index is 2.71. The summed E-state index contributed by atoms with van der Waals surface area (Å²) in [6.07, 6.45) is 0. The third-order valence-corrected chi connectivity index (χ3v) is 3.30. The first-order chi connectivity index (χ1) is 7.99. The lowest BCUT2D eigenvalue weighted by molar-refractivity contribution is -0.385. The second-order valence-corrected chi connectivity index (χ2v) is 4.94. The third-order valence-electron chi connectivity index (χ3n) is 2.06. The van der Waals surface area contributed by atoms with E-state index in [1.165, 1.54) is 18.3 Å². The predicted octanol–water partition coefficient (Wildman–Crippen LogP) is 2.66. The Kier molecular flexibility index (Phi) is 2.95. The summed E-state index contributed by atoms with van der Waals surface area (Å²) in [6.45, 7) is 1.52. The molecule has 0 amide bonds. The molecule has 88 valence electrons. The van der Waals surface area contributed by atoms with Gasteiger partial charge in [0.1, 0.15) is 5.69 Å². The average Bonchev–Trinajstić information content (AvgIpc) is 2.62. The van der Waals surface area contributed by atoms with Crippen molar-refractivity contribution in [3.63, 3.8) is 0 Å². The van der Waals surface area contributed by atoms with Crippen LogP contribution in [0.25, 0.3) is 10.6 Å². The molecule has 0 saturated carbocycles. The maximum Gasteiger partial charge on any atom is 0.317 e. The fraction of sp³-hybridized carbons (Fsp3) is 0.111. The van der Waals surface area contributed by atoms with E-state index in [9.17, 15) is 10.1 Å². The number of aryl methyl sites for hydroxylation is 1. The summed E-state index contributed by atoms with van der Waals surface area (Å²) in [5, 5.41) is 11.0. The Hall–Kier alpha value is -1.73. The molecule has 0 saturated heterocycles. The Morgan fingerprint density at radius 1 is 1.47 bits per heavy atom. The first kappa shape index (κ1) is 11.7. The van der Waals surface area contributed by atoms with Gasteiger partial charge >= 0.3 is 5.69 Å². The average molecular weight is 271 g/mol. The smallest absolute Gasteiger partial charge is 0.317 e. The molecule has 2 rings (SSSR count). The van der Waals surface area contributed by atoms with Crippen molar-refractivity contribution in [2.24, 2.45) is 0 Å². The van der Waals surface area contributed by atoms with E-state index in [4.69, 9.17) is 17.3 Å². The number of rotatable bonds is 2. The summed E-state index contributed by atoms with van der Waals surface area (Å²) in [7, 11) is 0. The lowest BCUT2D eigenvalue weighted by Crippen LogP contribution is -2.04. The number of aromatic nitrogens is 2. The number of nitrogens with two attached hydrogens (primary N) is 1. The SMILES string of the molecule is Cc1nc(N)nc(-c2ccc(Cl)s2)c1[N+](=O)[O-]. The number of anilines is 1. The first-order valence-corrected chi connectivity index (χ1v) is 5.72. The van der Waals surface area contributed by atoms with Crippen molar-refractivity contribution in [3.8, 4) is 10.6 Å². The number of halogens is 1.